The van der Waals surface area contributed by atoms with Gasteiger partial charge in [0.25, 0.3) is 0 Å². The third kappa shape index (κ3) is 1.88. The highest BCUT2D eigenvalue weighted by Crippen LogP contribution is 2.67. The van der Waals surface area contributed by atoms with Gasteiger partial charge >= 0.3 is 0 Å². The van der Waals surface area contributed by atoms with E-state index in [9.17, 15) is 9.90 Å². The van der Waals surface area contributed by atoms with Crippen LogP contribution >= 0.6 is 11.6 Å². The van der Waals surface area contributed by atoms with Crippen LogP contribution in [0.25, 0.3) is 0 Å². The second-order valence-electron chi connectivity index (χ2n) is 8.96. The summed E-state index contributed by atoms with van der Waals surface area (Å²) in [5, 5.41) is 11.4. The SMILES string of the molecule is C[C@]1(O)CC[C@@H]2[C@H]3CCC4=C(Cl)C(=O)C=C[C@@]4(C)[C@H]3CC[C@@]21C. The monoisotopic (exact) mass is 334 g/mol. The topological polar surface area (TPSA) is 37.3 Å². The Balaban J connectivity index is 1.74. The summed E-state index contributed by atoms with van der Waals surface area (Å²) in [7, 11) is 0. The molecule has 0 spiro atoms. The fraction of sp³-hybridized carbons (Fsp3) is 0.750. The Morgan fingerprint density at radius 3 is 2.57 bits per heavy atom. The third-order valence-electron chi connectivity index (χ3n) is 8.21. The highest BCUT2D eigenvalue weighted by molar-refractivity contribution is 6.45. The third-order valence-corrected chi connectivity index (χ3v) is 8.62. The average molecular weight is 335 g/mol. The molecule has 0 saturated heterocycles. The molecule has 3 fully saturated rings. The van der Waals surface area contributed by atoms with Gasteiger partial charge in [-0.1, -0.05) is 31.5 Å². The smallest absolute Gasteiger partial charge is 0.196 e. The number of carbonyl (C=O) groups is 1. The van der Waals surface area contributed by atoms with Gasteiger partial charge in [-0.3, -0.25) is 4.79 Å². The molecule has 0 aromatic heterocycles. The van der Waals surface area contributed by atoms with Gasteiger partial charge in [0.2, 0.25) is 0 Å². The van der Waals surface area contributed by atoms with Gasteiger partial charge in [-0.15, -0.1) is 0 Å². The summed E-state index contributed by atoms with van der Waals surface area (Å²) >= 11 is 6.38. The highest BCUT2D eigenvalue weighted by atomic mass is 35.5. The van der Waals surface area contributed by atoms with Crippen molar-refractivity contribution in [2.24, 2.45) is 28.6 Å². The van der Waals surface area contributed by atoms with Crippen molar-refractivity contribution in [1.82, 2.24) is 0 Å². The normalized spacial score (nSPS) is 52.2. The number of hydrogen-bond donors (Lipinski definition) is 1. The maximum Gasteiger partial charge on any atom is 0.196 e. The largest absolute Gasteiger partial charge is 0.390 e. The second kappa shape index (κ2) is 4.73. The van der Waals surface area contributed by atoms with E-state index in [0.29, 0.717) is 22.8 Å². The van der Waals surface area contributed by atoms with Crippen LogP contribution in [0, 0.1) is 28.6 Å². The molecule has 0 aliphatic heterocycles. The van der Waals surface area contributed by atoms with E-state index in [1.165, 1.54) is 5.57 Å². The van der Waals surface area contributed by atoms with Crippen molar-refractivity contribution in [3.63, 3.8) is 0 Å². The summed E-state index contributed by atoms with van der Waals surface area (Å²) in [6, 6.07) is 0. The average Bonchev–Trinajstić information content (AvgIpc) is 2.74. The highest BCUT2D eigenvalue weighted by Gasteiger charge is 2.62. The molecule has 0 aromatic rings. The minimum absolute atomic E-state index is 0.0259. The lowest BCUT2D eigenvalue weighted by atomic mass is 9.47. The van der Waals surface area contributed by atoms with E-state index < -0.39 is 5.60 Å². The zero-order chi connectivity index (χ0) is 16.6. The van der Waals surface area contributed by atoms with Gasteiger partial charge in [0, 0.05) is 5.41 Å². The van der Waals surface area contributed by atoms with Crippen molar-refractivity contribution in [1.29, 1.82) is 0 Å². The number of aliphatic hydroxyl groups is 1. The van der Waals surface area contributed by atoms with Crippen LogP contribution in [0.5, 0.6) is 0 Å². The Morgan fingerprint density at radius 2 is 1.83 bits per heavy atom. The van der Waals surface area contributed by atoms with Crippen LogP contribution in [0.2, 0.25) is 0 Å². The molecule has 4 aliphatic rings. The van der Waals surface area contributed by atoms with Crippen molar-refractivity contribution in [3.8, 4) is 0 Å². The minimum Gasteiger partial charge on any atom is -0.390 e. The van der Waals surface area contributed by atoms with Crippen LogP contribution in [-0.4, -0.2) is 16.5 Å². The Hall–Kier alpha value is -0.600. The number of hydrogen-bond acceptors (Lipinski definition) is 2. The van der Waals surface area contributed by atoms with Gasteiger partial charge in [-0.25, -0.2) is 0 Å². The van der Waals surface area contributed by atoms with Crippen LogP contribution in [0.1, 0.15) is 59.3 Å². The molecule has 23 heavy (non-hydrogen) atoms. The molecule has 0 bridgehead atoms. The molecule has 4 aliphatic carbocycles. The lowest BCUT2D eigenvalue weighted by Crippen LogP contribution is -2.53. The van der Waals surface area contributed by atoms with Crippen LogP contribution in [0.15, 0.2) is 22.8 Å². The molecule has 0 radical (unpaired) electrons. The van der Waals surface area contributed by atoms with Gasteiger partial charge in [0.15, 0.2) is 5.78 Å². The van der Waals surface area contributed by atoms with Crippen molar-refractivity contribution >= 4 is 17.4 Å². The molecule has 1 N–H and O–H groups in total. The number of ketones is 1. The molecule has 126 valence electrons. The van der Waals surface area contributed by atoms with Crippen LogP contribution in [-0.2, 0) is 4.79 Å². The summed E-state index contributed by atoms with van der Waals surface area (Å²) in [6.45, 7) is 6.63. The molecule has 3 saturated carbocycles. The molecule has 0 unspecified atom stereocenters. The molecular formula is C20H27ClO2. The van der Waals surface area contributed by atoms with Gasteiger partial charge in [0.05, 0.1) is 10.6 Å². The molecule has 3 heteroatoms. The first-order valence-electron chi connectivity index (χ1n) is 9.06. The molecule has 4 rings (SSSR count). The van der Waals surface area contributed by atoms with Gasteiger partial charge in [-0.2, -0.15) is 0 Å². The Labute approximate surface area is 144 Å². The van der Waals surface area contributed by atoms with E-state index in [0.717, 1.165) is 38.5 Å². The number of rotatable bonds is 0. The van der Waals surface area contributed by atoms with Crippen molar-refractivity contribution in [3.05, 3.63) is 22.8 Å². The van der Waals surface area contributed by atoms with Crippen molar-refractivity contribution in [2.45, 2.75) is 64.9 Å². The molecule has 0 aromatic carbocycles. The van der Waals surface area contributed by atoms with Gasteiger partial charge in [0.1, 0.15) is 0 Å². The fourth-order valence-electron chi connectivity index (χ4n) is 6.52. The zero-order valence-corrected chi connectivity index (χ0v) is 15.1. The number of fused-ring (bicyclic) bond motifs is 5. The maximum atomic E-state index is 12.0. The first-order valence-corrected chi connectivity index (χ1v) is 9.43. The van der Waals surface area contributed by atoms with E-state index in [4.69, 9.17) is 11.6 Å². The molecule has 0 heterocycles. The van der Waals surface area contributed by atoms with E-state index in [-0.39, 0.29) is 16.6 Å². The van der Waals surface area contributed by atoms with E-state index in [1.54, 1.807) is 6.08 Å². The Kier molecular flexibility index (Phi) is 3.27. The van der Waals surface area contributed by atoms with Gasteiger partial charge in [-0.05, 0) is 80.3 Å². The number of allylic oxidation sites excluding steroid dienone is 4. The standard InChI is InChI=1S/C20H27ClO2/c1-18-9-8-16(22)17(21)15(18)5-4-12-13(18)6-10-19(2)14(12)7-11-20(19,3)23/h8-9,12-14,23H,4-7,10-11H2,1-3H3/t12-,13-,14+,18-,19-,20-/m0/s1. The molecule has 2 nitrogen and oxygen atoms in total. The fourth-order valence-corrected chi connectivity index (χ4v) is 6.88. The first-order chi connectivity index (χ1) is 10.7. The molecule has 0 amide bonds. The van der Waals surface area contributed by atoms with Crippen molar-refractivity contribution in [2.75, 3.05) is 0 Å². The quantitative estimate of drug-likeness (QED) is 0.702. The zero-order valence-electron chi connectivity index (χ0n) is 14.4. The minimum atomic E-state index is -0.532. The maximum absolute atomic E-state index is 12.0. The summed E-state index contributed by atoms with van der Waals surface area (Å²) in [4.78, 5) is 12.0. The predicted octanol–water partition coefficient (Wildman–Crippen LogP) is 4.61. The summed E-state index contributed by atoms with van der Waals surface area (Å²) in [6.07, 6.45) is 10.1. The summed E-state index contributed by atoms with van der Waals surface area (Å²) < 4.78 is 0. The first kappa shape index (κ1) is 15.9. The number of halogens is 1. The van der Waals surface area contributed by atoms with E-state index in [1.807, 2.05) is 6.92 Å². The summed E-state index contributed by atoms with van der Waals surface area (Å²) in [5.74, 6) is 1.76. The molecule has 6 atom stereocenters. The van der Waals surface area contributed by atoms with Crippen LogP contribution in [0.3, 0.4) is 0 Å². The van der Waals surface area contributed by atoms with Crippen LogP contribution in [0.4, 0.5) is 0 Å². The summed E-state index contributed by atoms with van der Waals surface area (Å²) in [5.41, 5.74) is 0.615. The Morgan fingerprint density at radius 1 is 1.13 bits per heavy atom. The number of carbonyl (C=O) groups excluding carboxylic acids is 1. The van der Waals surface area contributed by atoms with E-state index >= 15 is 0 Å². The molecular weight excluding hydrogens is 308 g/mol. The van der Waals surface area contributed by atoms with Crippen molar-refractivity contribution < 1.29 is 9.90 Å². The lowest BCUT2D eigenvalue weighted by Gasteiger charge is -2.58. The van der Waals surface area contributed by atoms with Crippen LogP contribution < -0.4 is 0 Å². The van der Waals surface area contributed by atoms with E-state index in [2.05, 4.69) is 19.9 Å². The predicted molar refractivity (Wildman–Crippen MR) is 92.0 cm³/mol. The Bertz CT molecular complexity index is 632. The van der Waals surface area contributed by atoms with Gasteiger partial charge < -0.3 is 5.11 Å². The second-order valence-corrected chi connectivity index (χ2v) is 9.33. The lowest BCUT2D eigenvalue weighted by molar-refractivity contribution is -0.114.